The molecule has 0 unspecified atom stereocenters. The Morgan fingerprint density at radius 1 is 1.19 bits per heavy atom. The van der Waals surface area contributed by atoms with Gasteiger partial charge in [0.15, 0.2) is 5.11 Å². The number of anilines is 1. The van der Waals surface area contributed by atoms with Crippen molar-refractivity contribution in [2.75, 3.05) is 12.0 Å². The molecule has 132 valence electrons. The van der Waals surface area contributed by atoms with Crippen LogP contribution in [0.3, 0.4) is 0 Å². The Hall–Kier alpha value is -2.99. The van der Waals surface area contributed by atoms with Gasteiger partial charge in [-0.1, -0.05) is 37.3 Å². The smallest absolute Gasteiger partial charge is 0.337 e. The molecular weight excluding hydrogens is 348 g/mol. The molecule has 0 aliphatic carbocycles. The number of hydrogen-bond donors (Lipinski definition) is 1. The van der Waals surface area contributed by atoms with Crippen LogP contribution in [0.15, 0.2) is 54.2 Å². The molecule has 2 aromatic carbocycles. The zero-order valence-corrected chi connectivity index (χ0v) is 15.3. The van der Waals surface area contributed by atoms with Crippen LogP contribution in [-0.2, 0) is 16.0 Å². The van der Waals surface area contributed by atoms with Gasteiger partial charge in [-0.15, -0.1) is 0 Å². The number of benzene rings is 2. The highest BCUT2D eigenvalue weighted by Crippen LogP contribution is 2.26. The first kappa shape index (κ1) is 17.8. The number of nitrogens with one attached hydrogen (secondary N) is 1. The Bertz CT molecular complexity index is 904. The topological polar surface area (TPSA) is 58.6 Å². The first-order valence-electron chi connectivity index (χ1n) is 8.18. The first-order valence-corrected chi connectivity index (χ1v) is 8.59. The minimum Gasteiger partial charge on any atom is -0.465 e. The van der Waals surface area contributed by atoms with E-state index in [1.807, 2.05) is 31.2 Å². The van der Waals surface area contributed by atoms with Gasteiger partial charge in [-0.05, 0) is 54.0 Å². The maximum Gasteiger partial charge on any atom is 0.337 e. The molecule has 0 aromatic heterocycles. The number of amides is 1. The lowest BCUT2D eigenvalue weighted by atomic mass is 10.1. The van der Waals surface area contributed by atoms with Crippen LogP contribution in [0.1, 0.15) is 28.4 Å². The van der Waals surface area contributed by atoms with Gasteiger partial charge in [0.1, 0.15) is 5.70 Å². The van der Waals surface area contributed by atoms with E-state index in [4.69, 9.17) is 12.2 Å². The van der Waals surface area contributed by atoms with Crippen molar-refractivity contribution in [3.8, 4) is 0 Å². The minimum atomic E-state index is -0.400. The number of hydrogen-bond acceptors (Lipinski definition) is 4. The highest BCUT2D eigenvalue weighted by molar-refractivity contribution is 7.80. The van der Waals surface area contributed by atoms with E-state index in [1.165, 1.54) is 12.0 Å². The largest absolute Gasteiger partial charge is 0.465 e. The predicted octanol–water partition coefficient (Wildman–Crippen LogP) is 3.30. The van der Waals surface area contributed by atoms with Crippen molar-refractivity contribution < 1.29 is 14.3 Å². The molecule has 1 fully saturated rings. The molecule has 0 radical (unpaired) electrons. The third-order valence-corrected chi connectivity index (χ3v) is 4.42. The summed E-state index contributed by atoms with van der Waals surface area (Å²) in [5, 5.41) is 3.33. The molecule has 0 saturated carbocycles. The molecular formula is C20H18N2O3S. The van der Waals surface area contributed by atoms with Gasteiger partial charge in [0.2, 0.25) is 0 Å². The van der Waals surface area contributed by atoms with E-state index < -0.39 is 5.97 Å². The maximum atomic E-state index is 12.8. The fourth-order valence-electron chi connectivity index (χ4n) is 2.78. The molecule has 0 atom stereocenters. The third-order valence-electron chi connectivity index (χ3n) is 4.13. The Morgan fingerprint density at radius 3 is 2.54 bits per heavy atom. The Balaban J connectivity index is 1.89. The predicted molar refractivity (Wildman–Crippen MR) is 105 cm³/mol. The number of nitrogens with zero attached hydrogens (tertiary/aromatic N) is 1. The van der Waals surface area contributed by atoms with E-state index in [0.29, 0.717) is 16.4 Å². The number of carbonyl (C=O) groups excluding carboxylic acids is 2. The van der Waals surface area contributed by atoms with Gasteiger partial charge >= 0.3 is 5.97 Å². The molecule has 1 heterocycles. The monoisotopic (exact) mass is 366 g/mol. The molecule has 6 heteroatoms. The van der Waals surface area contributed by atoms with E-state index in [-0.39, 0.29) is 5.91 Å². The Kier molecular flexibility index (Phi) is 5.14. The van der Waals surface area contributed by atoms with Crippen molar-refractivity contribution in [3.63, 3.8) is 0 Å². The van der Waals surface area contributed by atoms with Gasteiger partial charge in [-0.25, -0.2) is 4.79 Å². The molecule has 1 aliphatic heterocycles. The molecule has 5 nitrogen and oxygen atoms in total. The van der Waals surface area contributed by atoms with Crippen molar-refractivity contribution in [1.82, 2.24) is 5.32 Å². The summed E-state index contributed by atoms with van der Waals surface area (Å²) in [7, 11) is 1.34. The lowest BCUT2D eigenvalue weighted by Crippen LogP contribution is -2.31. The van der Waals surface area contributed by atoms with Crippen molar-refractivity contribution in [3.05, 3.63) is 70.9 Å². The van der Waals surface area contributed by atoms with Crippen LogP contribution in [0.25, 0.3) is 6.08 Å². The van der Waals surface area contributed by atoms with Crippen LogP contribution in [0.2, 0.25) is 0 Å². The number of methoxy groups -OCH3 is 1. The van der Waals surface area contributed by atoms with Gasteiger partial charge in [0, 0.05) is 0 Å². The summed E-state index contributed by atoms with van der Waals surface area (Å²) in [5.74, 6) is -0.601. The molecule has 0 bridgehead atoms. The zero-order valence-electron chi connectivity index (χ0n) is 14.5. The van der Waals surface area contributed by atoms with Crippen LogP contribution < -0.4 is 10.2 Å². The number of aryl methyl sites for hydroxylation is 1. The van der Waals surface area contributed by atoms with Crippen molar-refractivity contribution in [2.45, 2.75) is 13.3 Å². The zero-order chi connectivity index (χ0) is 18.7. The summed E-state index contributed by atoms with van der Waals surface area (Å²) in [6, 6.07) is 14.5. The van der Waals surface area contributed by atoms with Crippen LogP contribution in [0.4, 0.5) is 5.69 Å². The summed E-state index contributed by atoms with van der Waals surface area (Å²) in [5.41, 5.74) is 3.47. The molecule has 1 N–H and O–H groups in total. The Morgan fingerprint density at radius 2 is 1.88 bits per heavy atom. The van der Waals surface area contributed by atoms with E-state index in [9.17, 15) is 9.59 Å². The average molecular weight is 366 g/mol. The van der Waals surface area contributed by atoms with Crippen molar-refractivity contribution >= 4 is 41.0 Å². The van der Waals surface area contributed by atoms with E-state index in [0.717, 1.165) is 23.2 Å². The lowest BCUT2D eigenvalue weighted by molar-refractivity contribution is -0.113. The fraction of sp³-hybridized carbons (Fsp3) is 0.150. The molecule has 3 rings (SSSR count). The minimum absolute atomic E-state index is 0.201. The van der Waals surface area contributed by atoms with Crippen LogP contribution >= 0.6 is 12.2 Å². The highest BCUT2D eigenvalue weighted by atomic mass is 32.1. The molecule has 1 amide bonds. The van der Waals surface area contributed by atoms with E-state index in [2.05, 4.69) is 10.1 Å². The van der Waals surface area contributed by atoms with Crippen molar-refractivity contribution in [1.29, 1.82) is 0 Å². The van der Waals surface area contributed by atoms with Gasteiger partial charge in [0.05, 0.1) is 18.4 Å². The number of para-hydroxylation sites is 1. The van der Waals surface area contributed by atoms with Crippen LogP contribution in [-0.4, -0.2) is 24.1 Å². The van der Waals surface area contributed by atoms with Gasteiger partial charge in [-0.3, -0.25) is 9.69 Å². The number of carbonyl (C=O) groups is 2. The molecule has 26 heavy (non-hydrogen) atoms. The summed E-state index contributed by atoms with van der Waals surface area (Å²) >= 11 is 5.36. The molecule has 2 aromatic rings. The quantitative estimate of drug-likeness (QED) is 0.511. The first-order chi connectivity index (χ1) is 12.5. The number of esters is 1. The number of ether oxygens (including phenoxy) is 1. The van der Waals surface area contributed by atoms with Gasteiger partial charge < -0.3 is 10.1 Å². The summed E-state index contributed by atoms with van der Waals surface area (Å²) in [4.78, 5) is 25.9. The maximum absolute atomic E-state index is 12.8. The average Bonchev–Trinajstić information content (AvgIpc) is 2.94. The third kappa shape index (κ3) is 3.36. The second-order valence-electron chi connectivity index (χ2n) is 5.72. The standard InChI is InChI=1S/C20H18N2O3S/c1-3-14-6-4-5-7-17(14)22-18(23)16(21-20(22)26)12-13-8-10-15(11-9-13)19(24)25-2/h4-12H,3H2,1-2H3,(H,21,26)/b16-12+. The van der Waals surface area contributed by atoms with Gasteiger partial charge in [0.25, 0.3) is 5.91 Å². The molecule has 1 aliphatic rings. The van der Waals surface area contributed by atoms with E-state index >= 15 is 0 Å². The fourth-order valence-corrected chi connectivity index (χ4v) is 3.07. The summed E-state index contributed by atoms with van der Waals surface area (Å²) in [6.45, 7) is 2.04. The number of thiocarbonyl (C=S) groups is 1. The molecule has 1 saturated heterocycles. The summed E-state index contributed by atoms with van der Waals surface area (Å²) in [6.07, 6.45) is 2.51. The van der Waals surface area contributed by atoms with Crippen LogP contribution in [0, 0.1) is 0 Å². The van der Waals surface area contributed by atoms with Crippen LogP contribution in [0.5, 0.6) is 0 Å². The second-order valence-corrected chi connectivity index (χ2v) is 6.11. The Labute approximate surface area is 157 Å². The normalized spacial score (nSPS) is 15.3. The second kappa shape index (κ2) is 7.49. The van der Waals surface area contributed by atoms with E-state index in [1.54, 1.807) is 30.3 Å². The van der Waals surface area contributed by atoms with Gasteiger partial charge in [-0.2, -0.15) is 0 Å². The SMILES string of the molecule is CCc1ccccc1N1C(=O)/C(=C\c2ccc(C(=O)OC)cc2)NC1=S. The lowest BCUT2D eigenvalue weighted by Gasteiger charge is -2.17. The molecule has 0 spiro atoms. The highest BCUT2D eigenvalue weighted by Gasteiger charge is 2.32. The number of rotatable bonds is 4. The summed E-state index contributed by atoms with van der Waals surface area (Å²) < 4.78 is 4.68. The van der Waals surface area contributed by atoms with Crippen molar-refractivity contribution in [2.24, 2.45) is 0 Å².